The summed E-state index contributed by atoms with van der Waals surface area (Å²) < 4.78 is 1.55. The first kappa shape index (κ1) is 14.6. The first-order chi connectivity index (χ1) is 9.41. The fraction of sp³-hybridized carbons (Fsp3) is 0.462. The number of carbonyl (C=O) groups excluding carboxylic acids is 2. The SMILES string of the molecule is Cc1nn(C)c(Cl)c1C=CC(=O)N1CCNC(=O)C1C. The highest BCUT2D eigenvalue weighted by Crippen LogP contribution is 2.20. The van der Waals surface area contributed by atoms with Crippen LogP contribution in [0.15, 0.2) is 6.08 Å². The average Bonchev–Trinajstić information content (AvgIpc) is 2.64. The molecule has 1 unspecified atom stereocenters. The summed E-state index contributed by atoms with van der Waals surface area (Å²) in [6.07, 6.45) is 3.08. The number of piperazine rings is 1. The molecule has 0 aromatic carbocycles. The first-order valence-corrected chi connectivity index (χ1v) is 6.75. The molecule has 1 aromatic heterocycles. The van der Waals surface area contributed by atoms with Gasteiger partial charge in [0, 0.05) is 31.8 Å². The second-order valence-electron chi connectivity index (χ2n) is 4.75. The second-order valence-corrected chi connectivity index (χ2v) is 5.10. The van der Waals surface area contributed by atoms with E-state index in [0.717, 1.165) is 11.3 Å². The molecule has 1 aliphatic rings. The summed E-state index contributed by atoms with van der Waals surface area (Å²) in [4.78, 5) is 25.2. The van der Waals surface area contributed by atoms with E-state index in [1.807, 2.05) is 6.92 Å². The van der Waals surface area contributed by atoms with Crippen molar-refractivity contribution in [2.24, 2.45) is 7.05 Å². The van der Waals surface area contributed by atoms with Crippen molar-refractivity contribution in [3.8, 4) is 0 Å². The van der Waals surface area contributed by atoms with Gasteiger partial charge in [-0.15, -0.1) is 0 Å². The molecule has 0 radical (unpaired) electrons. The molecule has 1 N–H and O–H groups in total. The van der Waals surface area contributed by atoms with E-state index in [4.69, 9.17) is 11.6 Å². The molecular weight excluding hydrogens is 280 g/mol. The number of amides is 2. The van der Waals surface area contributed by atoms with Gasteiger partial charge in [0.1, 0.15) is 11.2 Å². The zero-order valence-electron chi connectivity index (χ0n) is 11.7. The summed E-state index contributed by atoms with van der Waals surface area (Å²) in [6, 6.07) is -0.452. The quantitative estimate of drug-likeness (QED) is 0.819. The first-order valence-electron chi connectivity index (χ1n) is 6.37. The van der Waals surface area contributed by atoms with Crippen molar-refractivity contribution >= 4 is 29.5 Å². The van der Waals surface area contributed by atoms with Gasteiger partial charge < -0.3 is 10.2 Å². The Morgan fingerprint density at radius 1 is 1.55 bits per heavy atom. The maximum atomic E-state index is 12.1. The maximum absolute atomic E-state index is 12.1. The fourth-order valence-electron chi connectivity index (χ4n) is 2.17. The Morgan fingerprint density at radius 3 is 2.85 bits per heavy atom. The van der Waals surface area contributed by atoms with Gasteiger partial charge in [0.2, 0.25) is 11.8 Å². The molecule has 6 nitrogen and oxygen atoms in total. The van der Waals surface area contributed by atoms with Gasteiger partial charge in [0.25, 0.3) is 0 Å². The van der Waals surface area contributed by atoms with Crippen LogP contribution in [0.2, 0.25) is 5.15 Å². The monoisotopic (exact) mass is 296 g/mol. The van der Waals surface area contributed by atoms with Crippen molar-refractivity contribution in [1.29, 1.82) is 0 Å². The Labute approximate surface area is 122 Å². The standard InChI is InChI=1S/C13H17ClN4O2/c1-8-10(12(14)17(3)16-8)4-5-11(19)18-7-6-15-13(20)9(18)2/h4-5,9H,6-7H2,1-3H3,(H,15,20). The van der Waals surface area contributed by atoms with Crippen molar-refractivity contribution in [1.82, 2.24) is 20.0 Å². The third kappa shape index (κ3) is 2.70. The Bertz CT molecular complexity index is 579. The Kier molecular flexibility index (Phi) is 4.13. The van der Waals surface area contributed by atoms with E-state index >= 15 is 0 Å². The molecule has 108 valence electrons. The molecule has 2 rings (SSSR count). The molecule has 2 amide bonds. The van der Waals surface area contributed by atoms with Gasteiger partial charge in [-0.1, -0.05) is 11.6 Å². The van der Waals surface area contributed by atoms with Gasteiger partial charge in [-0.05, 0) is 19.9 Å². The summed E-state index contributed by atoms with van der Waals surface area (Å²) in [5.74, 6) is -0.333. The molecule has 7 heteroatoms. The summed E-state index contributed by atoms with van der Waals surface area (Å²) in [6.45, 7) is 4.53. The molecule has 0 bridgehead atoms. The van der Waals surface area contributed by atoms with E-state index in [1.54, 1.807) is 24.7 Å². The lowest BCUT2D eigenvalue weighted by Crippen LogP contribution is -2.55. The predicted molar refractivity (Wildman–Crippen MR) is 76.2 cm³/mol. The zero-order valence-corrected chi connectivity index (χ0v) is 12.4. The number of carbonyl (C=O) groups is 2. The lowest BCUT2D eigenvalue weighted by molar-refractivity contribution is -0.139. The van der Waals surface area contributed by atoms with Gasteiger partial charge >= 0.3 is 0 Å². The normalized spacial score (nSPS) is 19.5. The summed E-state index contributed by atoms with van der Waals surface area (Å²) in [7, 11) is 1.74. The van der Waals surface area contributed by atoms with Crippen LogP contribution in [-0.4, -0.2) is 45.6 Å². The largest absolute Gasteiger partial charge is 0.353 e. The van der Waals surface area contributed by atoms with E-state index in [1.165, 1.54) is 11.0 Å². The number of aromatic nitrogens is 2. The molecule has 1 atom stereocenters. The molecule has 1 aromatic rings. The van der Waals surface area contributed by atoms with Crippen LogP contribution in [0, 0.1) is 6.92 Å². The van der Waals surface area contributed by atoms with Gasteiger partial charge in [-0.2, -0.15) is 5.10 Å². The molecular formula is C13H17ClN4O2. The highest BCUT2D eigenvalue weighted by Gasteiger charge is 2.27. The van der Waals surface area contributed by atoms with Gasteiger partial charge in [0.05, 0.1) is 5.69 Å². The second kappa shape index (κ2) is 5.66. The summed E-state index contributed by atoms with van der Waals surface area (Å²) in [5.41, 5.74) is 1.47. The van der Waals surface area contributed by atoms with Crippen molar-refractivity contribution in [3.05, 3.63) is 22.5 Å². The number of aryl methyl sites for hydroxylation is 2. The number of nitrogens with zero attached hydrogens (tertiary/aromatic N) is 3. The van der Waals surface area contributed by atoms with E-state index in [2.05, 4.69) is 10.4 Å². The molecule has 0 spiro atoms. The fourth-order valence-corrected chi connectivity index (χ4v) is 2.41. The Balaban J connectivity index is 2.15. The van der Waals surface area contributed by atoms with Crippen LogP contribution < -0.4 is 5.32 Å². The average molecular weight is 297 g/mol. The molecule has 1 fully saturated rings. The van der Waals surface area contributed by atoms with E-state index in [0.29, 0.717) is 18.2 Å². The maximum Gasteiger partial charge on any atom is 0.247 e. The van der Waals surface area contributed by atoms with Crippen molar-refractivity contribution in [2.45, 2.75) is 19.9 Å². The lowest BCUT2D eigenvalue weighted by atomic mass is 10.2. The van der Waals surface area contributed by atoms with Crippen molar-refractivity contribution in [2.75, 3.05) is 13.1 Å². The summed E-state index contributed by atoms with van der Waals surface area (Å²) >= 11 is 6.10. The van der Waals surface area contributed by atoms with E-state index in [9.17, 15) is 9.59 Å². The van der Waals surface area contributed by atoms with E-state index in [-0.39, 0.29) is 11.8 Å². The number of rotatable bonds is 2. The lowest BCUT2D eigenvalue weighted by Gasteiger charge is -2.31. The van der Waals surface area contributed by atoms with Gasteiger partial charge in [0.15, 0.2) is 0 Å². The molecule has 1 aliphatic heterocycles. The van der Waals surface area contributed by atoms with Crippen molar-refractivity contribution in [3.63, 3.8) is 0 Å². The molecule has 1 saturated heterocycles. The van der Waals surface area contributed by atoms with Crippen LogP contribution in [0.1, 0.15) is 18.2 Å². The molecule has 2 heterocycles. The molecule has 20 heavy (non-hydrogen) atoms. The van der Waals surface area contributed by atoms with Gasteiger partial charge in [-0.3, -0.25) is 14.3 Å². The number of nitrogens with one attached hydrogen (secondary N) is 1. The minimum absolute atomic E-state index is 0.131. The van der Waals surface area contributed by atoms with Crippen molar-refractivity contribution < 1.29 is 9.59 Å². The van der Waals surface area contributed by atoms with E-state index < -0.39 is 6.04 Å². The summed E-state index contributed by atoms with van der Waals surface area (Å²) in [5, 5.41) is 7.38. The van der Waals surface area contributed by atoms with Crippen LogP contribution >= 0.6 is 11.6 Å². The predicted octanol–water partition coefficient (Wildman–Crippen LogP) is 0.742. The van der Waals surface area contributed by atoms with Crippen LogP contribution in [0.3, 0.4) is 0 Å². The topological polar surface area (TPSA) is 67.2 Å². The minimum atomic E-state index is -0.452. The zero-order chi connectivity index (χ0) is 14.9. The molecule has 0 saturated carbocycles. The highest BCUT2D eigenvalue weighted by molar-refractivity contribution is 6.31. The Morgan fingerprint density at radius 2 is 2.25 bits per heavy atom. The minimum Gasteiger partial charge on any atom is -0.353 e. The third-order valence-corrected chi connectivity index (χ3v) is 3.82. The van der Waals surface area contributed by atoms with Gasteiger partial charge in [-0.25, -0.2) is 0 Å². The van der Waals surface area contributed by atoms with Crippen LogP contribution in [0.4, 0.5) is 0 Å². The van der Waals surface area contributed by atoms with Crippen LogP contribution in [-0.2, 0) is 16.6 Å². The number of hydrogen-bond donors (Lipinski definition) is 1. The Hall–Kier alpha value is -1.82. The number of halogens is 1. The smallest absolute Gasteiger partial charge is 0.247 e. The molecule has 0 aliphatic carbocycles. The van der Waals surface area contributed by atoms with Crippen LogP contribution in [0.5, 0.6) is 0 Å². The number of hydrogen-bond acceptors (Lipinski definition) is 3. The van der Waals surface area contributed by atoms with Crippen LogP contribution in [0.25, 0.3) is 6.08 Å². The highest BCUT2D eigenvalue weighted by atomic mass is 35.5. The third-order valence-electron chi connectivity index (χ3n) is 3.37.